The van der Waals surface area contributed by atoms with Gasteiger partial charge in [-0.15, -0.1) is 11.8 Å². The molecule has 1 aliphatic carbocycles. The smallest absolute Gasteiger partial charge is 0.257 e. The van der Waals surface area contributed by atoms with Crippen molar-refractivity contribution in [1.29, 1.82) is 0 Å². The van der Waals surface area contributed by atoms with Gasteiger partial charge in [-0.05, 0) is 101 Å². The van der Waals surface area contributed by atoms with Gasteiger partial charge in [-0.3, -0.25) is 14.6 Å². The molecule has 2 aromatic carbocycles. The van der Waals surface area contributed by atoms with Gasteiger partial charge in [-0.2, -0.15) is 0 Å². The molecule has 2 aliphatic heterocycles. The number of aromatic nitrogens is 1. The van der Waals surface area contributed by atoms with Gasteiger partial charge in [0.05, 0.1) is 11.2 Å². The molecule has 6 rings (SSSR count). The molecule has 0 bridgehead atoms. The summed E-state index contributed by atoms with van der Waals surface area (Å²) in [5, 5.41) is 10.7. The van der Waals surface area contributed by atoms with Crippen molar-refractivity contribution in [2.45, 2.75) is 89.5 Å². The lowest BCUT2D eigenvalue weighted by Crippen LogP contribution is -2.54. The van der Waals surface area contributed by atoms with Crippen LogP contribution in [-0.4, -0.2) is 82.3 Å². The van der Waals surface area contributed by atoms with Crippen LogP contribution in [0.2, 0.25) is 0 Å². The monoisotopic (exact) mass is 686 g/mol. The number of thioether (sulfide) groups is 1. The van der Waals surface area contributed by atoms with Crippen LogP contribution in [0.5, 0.6) is 11.6 Å². The first-order chi connectivity index (χ1) is 23.7. The first-order valence-electron chi connectivity index (χ1n) is 17.5. The average molecular weight is 687 g/mol. The lowest BCUT2D eigenvalue weighted by atomic mass is 9.90. The van der Waals surface area contributed by atoms with E-state index in [4.69, 9.17) is 4.74 Å². The minimum absolute atomic E-state index is 0.0353. The van der Waals surface area contributed by atoms with E-state index in [-0.39, 0.29) is 35.5 Å². The van der Waals surface area contributed by atoms with Crippen LogP contribution in [0.25, 0.3) is 11.1 Å². The lowest BCUT2D eigenvalue weighted by Gasteiger charge is -2.36. The standard InChI is InChI=1S/C38H47FN6O3S/c1-24-21-45(22-25(2)41-24)17-5-6-27-9-11-28(12-10-27)29-7-4-8-33(18-29)48-38-34(19-30(39)20-40-38)36(46)43-31-13-15-32(16-14-31)44-37(47)35-23-49-26(3)42-35/h4,7-12,18-20,24-25,31-32,35,41H,5-6,13-17,21-23H2,1-3H3,(H,43,46)(H,44,47)/t24-,25+,31?,32?,35?. The molecular weight excluding hydrogens is 640 g/mol. The zero-order chi connectivity index (χ0) is 34.3. The van der Waals surface area contributed by atoms with Gasteiger partial charge in [-0.1, -0.05) is 36.4 Å². The molecular formula is C38H47FN6O3S. The van der Waals surface area contributed by atoms with Gasteiger partial charge in [0, 0.05) is 43.0 Å². The minimum Gasteiger partial charge on any atom is -0.438 e. The van der Waals surface area contributed by atoms with Gasteiger partial charge in [-0.25, -0.2) is 9.37 Å². The number of nitrogens with zero attached hydrogens (tertiary/aromatic N) is 3. The third-order valence-corrected chi connectivity index (χ3v) is 10.5. The average Bonchev–Trinajstić information content (AvgIpc) is 3.53. The van der Waals surface area contributed by atoms with E-state index in [0.717, 1.165) is 73.8 Å². The van der Waals surface area contributed by atoms with Gasteiger partial charge >= 0.3 is 0 Å². The second kappa shape index (κ2) is 16.3. The summed E-state index contributed by atoms with van der Waals surface area (Å²) in [6, 6.07) is 18.1. The van der Waals surface area contributed by atoms with Gasteiger partial charge in [0.1, 0.15) is 23.2 Å². The molecule has 3 N–H and O–H groups in total. The maximum absolute atomic E-state index is 14.3. The van der Waals surface area contributed by atoms with Crippen molar-refractivity contribution in [3.05, 3.63) is 77.7 Å². The van der Waals surface area contributed by atoms with Crippen molar-refractivity contribution in [3.63, 3.8) is 0 Å². The van der Waals surface area contributed by atoms with Crippen molar-refractivity contribution in [2.75, 3.05) is 25.4 Å². The molecule has 3 atom stereocenters. The third-order valence-electron chi connectivity index (χ3n) is 9.47. The fraction of sp³-hybridized carbons (Fsp3) is 0.474. The van der Waals surface area contributed by atoms with Gasteiger partial charge in [0.25, 0.3) is 5.91 Å². The molecule has 1 aromatic heterocycles. The van der Waals surface area contributed by atoms with Crippen molar-refractivity contribution >= 4 is 28.6 Å². The molecule has 0 radical (unpaired) electrons. The van der Waals surface area contributed by atoms with E-state index in [1.165, 1.54) is 5.56 Å². The second-order valence-electron chi connectivity index (χ2n) is 13.7. The summed E-state index contributed by atoms with van der Waals surface area (Å²) in [6.07, 6.45) is 6.10. The van der Waals surface area contributed by atoms with Gasteiger partial charge in [0.2, 0.25) is 11.8 Å². The van der Waals surface area contributed by atoms with Crippen LogP contribution in [0.4, 0.5) is 4.39 Å². The van der Waals surface area contributed by atoms with Gasteiger partial charge in [0.15, 0.2) is 0 Å². The minimum atomic E-state index is -0.613. The summed E-state index contributed by atoms with van der Waals surface area (Å²) in [5.41, 5.74) is 3.38. The number of piperazine rings is 1. The summed E-state index contributed by atoms with van der Waals surface area (Å²) >= 11 is 1.61. The summed E-state index contributed by atoms with van der Waals surface area (Å²) < 4.78 is 20.4. The van der Waals surface area contributed by atoms with Crippen molar-refractivity contribution in [2.24, 2.45) is 4.99 Å². The Morgan fingerprint density at radius 3 is 2.39 bits per heavy atom. The molecule has 260 valence electrons. The summed E-state index contributed by atoms with van der Waals surface area (Å²) in [6.45, 7) is 9.72. The Bertz CT molecular complexity index is 1630. The fourth-order valence-electron chi connectivity index (χ4n) is 7.09. The zero-order valence-electron chi connectivity index (χ0n) is 28.6. The highest BCUT2D eigenvalue weighted by atomic mass is 32.2. The highest BCUT2D eigenvalue weighted by Crippen LogP contribution is 2.30. The van der Waals surface area contributed by atoms with E-state index in [2.05, 4.69) is 68.9 Å². The number of halogens is 1. The van der Waals surface area contributed by atoms with Crippen molar-refractivity contribution in [3.8, 4) is 22.8 Å². The Kier molecular flexibility index (Phi) is 11.6. The largest absolute Gasteiger partial charge is 0.438 e. The summed E-state index contributed by atoms with van der Waals surface area (Å²) in [4.78, 5) is 37.0. The van der Waals surface area contributed by atoms with E-state index < -0.39 is 11.7 Å². The maximum atomic E-state index is 14.3. The highest BCUT2D eigenvalue weighted by Gasteiger charge is 2.29. The number of aryl methyl sites for hydroxylation is 1. The molecule has 11 heteroatoms. The Hall–Kier alpha value is -3.80. The second-order valence-corrected chi connectivity index (χ2v) is 14.9. The molecule has 9 nitrogen and oxygen atoms in total. The van der Waals surface area contributed by atoms with Gasteiger partial charge < -0.3 is 25.6 Å². The maximum Gasteiger partial charge on any atom is 0.257 e. The Labute approximate surface area is 292 Å². The molecule has 3 aromatic rings. The van der Waals surface area contributed by atoms with E-state index in [0.29, 0.717) is 36.4 Å². The number of amides is 2. The van der Waals surface area contributed by atoms with E-state index in [1.54, 1.807) is 17.8 Å². The number of ether oxygens (including phenoxy) is 1. The normalized spacial score (nSPS) is 24.2. The molecule has 2 fully saturated rings. The van der Waals surface area contributed by atoms with Crippen LogP contribution in [0.3, 0.4) is 0 Å². The van der Waals surface area contributed by atoms with Crippen LogP contribution in [0.15, 0.2) is 65.8 Å². The van der Waals surface area contributed by atoms with Crippen LogP contribution in [0, 0.1) is 5.82 Å². The van der Waals surface area contributed by atoms with Crippen molar-refractivity contribution in [1.82, 2.24) is 25.8 Å². The molecule has 1 unspecified atom stereocenters. The summed E-state index contributed by atoms with van der Waals surface area (Å²) in [5.74, 6) is 0.153. The molecule has 3 heterocycles. The van der Waals surface area contributed by atoms with Crippen LogP contribution < -0.4 is 20.7 Å². The number of carbonyl (C=O) groups is 2. The fourth-order valence-corrected chi connectivity index (χ4v) is 7.91. The SMILES string of the molecule is CC1=NC(C(=O)NC2CCC(NC(=O)c3cc(F)cnc3Oc3cccc(-c4ccc(CCCN5C[C@@H](C)N[C@@H](C)C5)cc4)c3)CC2)CS1. The van der Waals surface area contributed by atoms with E-state index >= 15 is 0 Å². The third kappa shape index (κ3) is 9.67. The van der Waals surface area contributed by atoms with E-state index in [9.17, 15) is 14.0 Å². The van der Waals surface area contributed by atoms with E-state index in [1.807, 2.05) is 25.1 Å². The number of aliphatic imine (C=N–C) groups is 1. The highest BCUT2D eigenvalue weighted by molar-refractivity contribution is 8.14. The quantitative estimate of drug-likeness (QED) is 0.228. The number of hydrogen-bond acceptors (Lipinski definition) is 8. The van der Waals surface area contributed by atoms with Crippen LogP contribution in [0.1, 0.15) is 68.8 Å². The summed E-state index contributed by atoms with van der Waals surface area (Å²) in [7, 11) is 0. The molecule has 49 heavy (non-hydrogen) atoms. The Morgan fingerprint density at radius 2 is 1.69 bits per heavy atom. The lowest BCUT2D eigenvalue weighted by molar-refractivity contribution is -0.122. The number of hydrogen-bond donors (Lipinski definition) is 3. The van der Waals surface area contributed by atoms with Crippen LogP contribution >= 0.6 is 11.8 Å². The topological polar surface area (TPSA) is 108 Å². The Morgan fingerprint density at radius 1 is 0.980 bits per heavy atom. The number of rotatable bonds is 11. The van der Waals surface area contributed by atoms with Crippen molar-refractivity contribution < 1.29 is 18.7 Å². The molecule has 1 saturated heterocycles. The number of nitrogens with one attached hydrogen (secondary N) is 3. The number of carbonyl (C=O) groups excluding carboxylic acids is 2. The molecule has 2 amide bonds. The number of pyridine rings is 1. The van der Waals surface area contributed by atoms with Crippen LogP contribution in [-0.2, 0) is 11.2 Å². The number of benzene rings is 2. The molecule has 3 aliphatic rings. The molecule has 0 spiro atoms. The zero-order valence-corrected chi connectivity index (χ0v) is 29.4. The first-order valence-corrected chi connectivity index (χ1v) is 18.5. The Balaban J connectivity index is 1.02. The molecule has 1 saturated carbocycles. The first kappa shape index (κ1) is 35.0. The predicted molar refractivity (Wildman–Crippen MR) is 194 cm³/mol. The predicted octanol–water partition coefficient (Wildman–Crippen LogP) is 5.99.